The molecule has 0 heteroatoms. The van der Waals surface area contributed by atoms with E-state index in [4.69, 9.17) is 0 Å². The highest BCUT2D eigenvalue weighted by Crippen LogP contribution is 2.34. The highest BCUT2D eigenvalue weighted by Gasteiger charge is 2.13. The Morgan fingerprint density at radius 2 is 1.50 bits per heavy atom. The van der Waals surface area contributed by atoms with Gasteiger partial charge in [-0.05, 0) is 65.8 Å². The van der Waals surface area contributed by atoms with Gasteiger partial charge in [0.25, 0.3) is 0 Å². The Morgan fingerprint density at radius 3 is 2.22 bits per heavy atom. The molecule has 0 fully saturated rings. The molecule has 0 nitrogen and oxygen atoms in total. The van der Waals surface area contributed by atoms with Gasteiger partial charge in [0.1, 0.15) is 0 Å². The van der Waals surface area contributed by atoms with Crippen molar-refractivity contribution in [3.05, 3.63) is 58.2 Å². The number of rotatable bonds is 0. The Kier molecular flexibility index (Phi) is 2.59. The fourth-order valence-corrected chi connectivity index (χ4v) is 3.04. The van der Waals surface area contributed by atoms with E-state index in [0.29, 0.717) is 0 Å². The molecule has 2 aromatic rings. The predicted molar refractivity (Wildman–Crippen MR) is 80.8 cm³/mol. The van der Waals surface area contributed by atoms with Crippen LogP contribution in [0.1, 0.15) is 34.2 Å². The zero-order valence-corrected chi connectivity index (χ0v) is 11.2. The Balaban J connectivity index is 2.55. The van der Waals surface area contributed by atoms with E-state index in [9.17, 15) is 0 Å². The summed E-state index contributed by atoms with van der Waals surface area (Å²) in [6.45, 7) is 6.69. The van der Waals surface area contributed by atoms with Gasteiger partial charge in [0.05, 0.1) is 0 Å². The third-order valence-corrected chi connectivity index (χ3v) is 3.99. The SMILES string of the molecule is Cc1c2c(c(C)c3c(C)cccc13)C=CCC=C2. The summed E-state index contributed by atoms with van der Waals surface area (Å²) in [4.78, 5) is 0. The Labute approximate surface area is 109 Å². The first-order valence-electron chi connectivity index (χ1n) is 6.55. The van der Waals surface area contributed by atoms with Crippen molar-refractivity contribution in [2.24, 2.45) is 0 Å². The van der Waals surface area contributed by atoms with Crippen molar-refractivity contribution in [2.45, 2.75) is 27.2 Å². The summed E-state index contributed by atoms with van der Waals surface area (Å²) in [6, 6.07) is 6.61. The Morgan fingerprint density at radius 1 is 0.833 bits per heavy atom. The van der Waals surface area contributed by atoms with Crippen molar-refractivity contribution in [2.75, 3.05) is 0 Å². The van der Waals surface area contributed by atoms with Crippen LogP contribution in [0.3, 0.4) is 0 Å². The molecule has 0 heterocycles. The monoisotopic (exact) mass is 234 g/mol. The Bertz CT molecular complexity index is 685. The van der Waals surface area contributed by atoms with Crippen molar-refractivity contribution in [1.82, 2.24) is 0 Å². The first-order chi connectivity index (χ1) is 8.70. The molecule has 0 aromatic heterocycles. The van der Waals surface area contributed by atoms with E-state index in [2.05, 4.69) is 63.3 Å². The molecule has 3 rings (SSSR count). The lowest BCUT2D eigenvalue weighted by Crippen LogP contribution is -1.95. The average Bonchev–Trinajstić information content (AvgIpc) is 2.61. The van der Waals surface area contributed by atoms with E-state index in [0.717, 1.165) is 6.42 Å². The number of benzene rings is 2. The summed E-state index contributed by atoms with van der Waals surface area (Å²) in [5.74, 6) is 0. The van der Waals surface area contributed by atoms with Crippen LogP contribution < -0.4 is 0 Å². The van der Waals surface area contributed by atoms with Gasteiger partial charge in [0.15, 0.2) is 0 Å². The molecule has 0 aliphatic heterocycles. The van der Waals surface area contributed by atoms with Gasteiger partial charge < -0.3 is 0 Å². The number of aryl methyl sites for hydroxylation is 3. The summed E-state index contributed by atoms with van der Waals surface area (Å²) in [5.41, 5.74) is 6.96. The quantitative estimate of drug-likeness (QED) is 0.588. The van der Waals surface area contributed by atoms with Gasteiger partial charge >= 0.3 is 0 Å². The van der Waals surface area contributed by atoms with Gasteiger partial charge in [-0.25, -0.2) is 0 Å². The normalized spacial score (nSPS) is 13.7. The van der Waals surface area contributed by atoms with Crippen LogP contribution in [0.5, 0.6) is 0 Å². The van der Waals surface area contributed by atoms with E-state index in [1.165, 1.54) is 38.6 Å². The van der Waals surface area contributed by atoms with Crippen molar-refractivity contribution >= 4 is 22.9 Å². The molecule has 18 heavy (non-hydrogen) atoms. The highest BCUT2D eigenvalue weighted by molar-refractivity contribution is 5.97. The second-order valence-corrected chi connectivity index (χ2v) is 5.12. The average molecular weight is 234 g/mol. The van der Waals surface area contributed by atoms with E-state index in [-0.39, 0.29) is 0 Å². The first-order valence-corrected chi connectivity index (χ1v) is 6.55. The Hall–Kier alpha value is -1.82. The lowest BCUT2D eigenvalue weighted by molar-refractivity contribution is 1.39. The minimum absolute atomic E-state index is 1.03. The molecule has 0 N–H and O–H groups in total. The van der Waals surface area contributed by atoms with E-state index < -0.39 is 0 Å². The summed E-state index contributed by atoms with van der Waals surface area (Å²) in [5, 5.41) is 2.82. The first kappa shape index (κ1) is 11.3. The van der Waals surface area contributed by atoms with E-state index in [1.54, 1.807) is 0 Å². The number of hydrogen-bond acceptors (Lipinski definition) is 0. The van der Waals surface area contributed by atoms with Gasteiger partial charge in [0, 0.05) is 0 Å². The molecule has 0 radical (unpaired) electrons. The third kappa shape index (κ3) is 1.53. The van der Waals surface area contributed by atoms with Crippen molar-refractivity contribution in [3.8, 4) is 0 Å². The van der Waals surface area contributed by atoms with Gasteiger partial charge in [-0.2, -0.15) is 0 Å². The maximum absolute atomic E-state index is 2.28. The zero-order chi connectivity index (χ0) is 12.7. The molecule has 90 valence electrons. The van der Waals surface area contributed by atoms with Crippen LogP contribution in [0.4, 0.5) is 0 Å². The summed E-state index contributed by atoms with van der Waals surface area (Å²) < 4.78 is 0. The molecular formula is C18H18. The molecule has 0 atom stereocenters. The minimum atomic E-state index is 1.03. The maximum atomic E-state index is 2.28. The van der Waals surface area contributed by atoms with Gasteiger partial charge in [-0.3, -0.25) is 0 Å². The minimum Gasteiger partial charge on any atom is -0.0801 e. The molecule has 0 bridgehead atoms. The highest BCUT2D eigenvalue weighted by atomic mass is 14.2. The zero-order valence-electron chi connectivity index (χ0n) is 11.2. The van der Waals surface area contributed by atoms with Crippen molar-refractivity contribution in [1.29, 1.82) is 0 Å². The molecule has 0 saturated carbocycles. The second kappa shape index (κ2) is 4.13. The fourth-order valence-electron chi connectivity index (χ4n) is 3.04. The van der Waals surface area contributed by atoms with Crippen LogP contribution in [0, 0.1) is 20.8 Å². The summed E-state index contributed by atoms with van der Waals surface area (Å²) >= 11 is 0. The molecule has 0 unspecified atom stereocenters. The van der Waals surface area contributed by atoms with Crippen LogP contribution >= 0.6 is 0 Å². The van der Waals surface area contributed by atoms with E-state index in [1.807, 2.05) is 0 Å². The van der Waals surface area contributed by atoms with Crippen molar-refractivity contribution < 1.29 is 0 Å². The molecule has 1 aliphatic rings. The number of hydrogen-bond donors (Lipinski definition) is 0. The van der Waals surface area contributed by atoms with E-state index >= 15 is 0 Å². The number of allylic oxidation sites excluding steroid dienone is 2. The van der Waals surface area contributed by atoms with Crippen LogP contribution in [0.25, 0.3) is 22.9 Å². The smallest absolute Gasteiger partial charge is 0.0116 e. The lowest BCUT2D eigenvalue weighted by atomic mass is 9.88. The fraction of sp³-hybridized carbons (Fsp3) is 0.222. The largest absolute Gasteiger partial charge is 0.0801 e. The molecule has 0 amide bonds. The number of fused-ring (bicyclic) bond motifs is 2. The molecule has 0 spiro atoms. The summed E-state index contributed by atoms with van der Waals surface area (Å²) in [6.07, 6.45) is 10.1. The second-order valence-electron chi connectivity index (χ2n) is 5.12. The topological polar surface area (TPSA) is 0 Å². The predicted octanol–water partition coefficient (Wildman–Crippen LogP) is 5.20. The maximum Gasteiger partial charge on any atom is -0.0116 e. The molecule has 0 saturated heterocycles. The molecule has 1 aliphatic carbocycles. The van der Waals surface area contributed by atoms with Gasteiger partial charge in [0.2, 0.25) is 0 Å². The molecule has 2 aromatic carbocycles. The van der Waals surface area contributed by atoms with Gasteiger partial charge in [-0.1, -0.05) is 42.5 Å². The summed E-state index contributed by atoms with van der Waals surface area (Å²) in [7, 11) is 0. The van der Waals surface area contributed by atoms with Crippen LogP contribution in [-0.4, -0.2) is 0 Å². The van der Waals surface area contributed by atoms with Crippen LogP contribution in [0.2, 0.25) is 0 Å². The van der Waals surface area contributed by atoms with Crippen LogP contribution in [0.15, 0.2) is 30.4 Å². The van der Waals surface area contributed by atoms with Crippen molar-refractivity contribution in [3.63, 3.8) is 0 Å². The van der Waals surface area contributed by atoms with Gasteiger partial charge in [-0.15, -0.1) is 0 Å². The van der Waals surface area contributed by atoms with Crippen LogP contribution in [-0.2, 0) is 0 Å². The standard InChI is InChI=1S/C18H18/c1-12-8-7-11-17-13(2)15-9-5-4-6-10-16(15)14(3)18(12)17/h5-11H,4H2,1-3H3. The lowest BCUT2D eigenvalue weighted by Gasteiger charge is -2.16. The molecular weight excluding hydrogens is 216 g/mol. The third-order valence-electron chi connectivity index (χ3n) is 3.99.